The molecule has 3 heterocycles. The molecule has 0 saturated carbocycles. The van der Waals surface area contributed by atoms with Crippen LogP contribution in [-0.4, -0.2) is 49.4 Å². The average molecular weight is 507 g/mol. The van der Waals surface area contributed by atoms with Gasteiger partial charge in [0.05, 0.1) is 6.20 Å². The number of carboxylic acid groups (broad SMARTS) is 1. The largest absolute Gasteiger partial charge is 0.480 e. The lowest BCUT2D eigenvalue weighted by molar-refractivity contribution is -0.148. The molecule has 2 aromatic carbocycles. The molecule has 0 spiro atoms. The van der Waals surface area contributed by atoms with Crippen LogP contribution in [0.3, 0.4) is 0 Å². The van der Waals surface area contributed by atoms with Gasteiger partial charge in [-0.1, -0.05) is 23.7 Å². The summed E-state index contributed by atoms with van der Waals surface area (Å²) >= 11 is 5.99. The van der Waals surface area contributed by atoms with Gasteiger partial charge in [0.1, 0.15) is 17.3 Å². The number of rotatable bonds is 7. The zero-order valence-electron chi connectivity index (χ0n) is 19.5. The predicted octanol–water partition coefficient (Wildman–Crippen LogP) is 5.05. The van der Waals surface area contributed by atoms with Gasteiger partial charge in [-0.05, 0) is 67.6 Å². The number of halogens is 1. The smallest absolute Gasteiger partial charge is 0.326 e. The number of fused-ring (bicyclic) bond motifs is 1. The summed E-state index contributed by atoms with van der Waals surface area (Å²) in [6.07, 6.45) is 3.55. The molecule has 0 radical (unpaired) electrons. The number of nitrogens with zero attached hydrogens (tertiary/aromatic N) is 4. The molecule has 5 rings (SSSR count). The third-order valence-corrected chi connectivity index (χ3v) is 6.43. The molecule has 184 valence electrons. The highest BCUT2D eigenvalue weighted by Gasteiger charge is 2.33. The van der Waals surface area contributed by atoms with Crippen LogP contribution in [0.5, 0.6) is 11.8 Å². The lowest BCUT2D eigenvalue weighted by Crippen LogP contribution is -2.40. The first kappa shape index (κ1) is 23.7. The fraction of sp³-hybridized carbons (Fsp3) is 0.269. The Bertz CT molecular complexity index is 1450. The fourth-order valence-corrected chi connectivity index (χ4v) is 4.53. The minimum atomic E-state index is -0.937. The topological polar surface area (TPSA) is 119 Å². The van der Waals surface area contributed by atoms with Crippen molar-refractivity contribution in [1.29, 1.82) is 0 Å². The van der Waals surface area contributed by atoms with Crippen molar-refractivity contribution in [2.45, 2.75) is 38.6 Å². The summed E-state index contributed by atoms with van der Waals surface area (Å²) in [5.41, 5.74) is 3.54. The third kappa shape index (κ3) is 5.01. The van der Waals surface area contributed by atoms with E-state index in [0.29, 0.717) is 47.3 Å². The summed E-state index contributed by atoms with van der Waals surface area (Å²) < 4.78 is 11.5. The number of oxazole rings is 1. The number of aromatic nitrogens is 3. The lowest BCUT2D eigenvalue weighted by Gasteiger charge is -2.21. The molecule has 36 heavy (non-hydrogen) atoms. The van der Waals surface area contributed by atoms with Gasteiger partial charge < -0.3 is 19.2 Å². The van der Waals surface area contributed by atoms with E-state index in [-0.39, 0.29) is 18.3 Å². The van der Waals surface area contributed by atoms with Crippen molar-refractivity contribution in [1.82, 2.24) is 19.9 Å². The normalized spacial score (nSPS) is 15.4. The number of aliphatic carboxylic acids is 1. The van der Waals surface area contributed by atoms with Gasteiger partial charge in [-0.3, -0.25) is 4.79 Å². The molecule has 0 aliphatic carbocycles. The molecule has 4 aromatic rings. The van der Waals surface area contributed by atoms with E-state index in [1.54, 1.807) is 24.3 Å². The number of amides is 1. The van der Waals surface area contributed by atoms with Crippen molar-refractivity contribution in [3.8, 4) is 23.2 Å². The Morgan fingerprint density at radius 3 is 2.86 bits per heavy atom. The zero-order valence-corrected chi connectivity index (χ0v) is 20.2. The number of likely N-dealkylation sites (tertiary alicyclic amines) is 1. The molecule has 1 amide bonds. The van der Waals surface area contributed by atoms with Crippen LogP contribution in [-0.2, 0) is 16.0 Å². The minimum Gasteiger partial charge on any atom is -0.480 e. The summed E-state index contributed by atoms with van der Waals surface area (Å²) in [7, 11) is 0. The van der Waals surface area contributed by atoms with Crippen LogP contribution >= 0.6 is 11.6 Å². The molecule has 1 aliphatic heterocycles. The molecule has 0 bridgehead atoms. The van der Waals surface area contributed by atoms with E-state index >= 15 is 0 Å². The first-order chi connectivity index (χ1) is 17.4. The van der Waals surface area contributed by atoms with E-state index in [1.807, 2.05) is 25.1 Å². The highest BCUT2D eigenvalue weighted by molar-refractivity contribution is 6.30. The van der Waals surface area contributed by atoms with Crippen LogP contribution < -0.4 is 4.74 Å². The second kappa shape index (κ2) is 9.94. The molecule has 1 saturated heterocycles. The number of ether oxygens (including phenoxy) is 1. The molecule has 9 nitrogen and oxygen atoms in total. The molecule has 0 unspecified atom stereocenters. The highest BCUT2D eigenvalue weighted by atomic mass is 35.5. The Kier molecular flexibility index (Phi) is 6.56. The van der Waals surface area contributed by atoms with Gasteiger partial charge in [-0.25, -0.2) is 14.8 Å². The molecule has 1 N–H and O–H groups in total. The number of carbonyl (C=O) groups is 2. The number of aryl methyl sites for hydroxylation is 2. The Balaban J connectivity index is 1.28. The maximum absolute atomic E-state index is 12.6. The van der Waals surface area contributed by atoms with Gasteiger partial charge in [-0.2, -0.15) is 4.98 Å². The van der Waals surface area contributed by atoms with E-state index in [0.717, 1.165) is 23.1 Å². The zero-order chi connectivity index (χ0) is 25.2. The molecular formula is C26H23ClN4O5. The maximum atomic E-state index is 12.6. The summed E-state index contributed by atoms with van der Waals surface area (Å²) in [4.78, 5) is 38.4. The Morgan fingerprint density at radius 2 is 2.08 bits per heavy atom. The first-order valence-corrected chi connectivity index (χ1v) is 11.9. The van der Waals surface area contributed by atoms with Gasteiger partial charge in [0.2, 0.25) is 11.8 Å². The van der Waals surface area contributed by atoms with E-state index in [4.69, 9.17) is 20.8 Å². The van der Waals surface area contributed by atoms with Crippen LogP contribution in [0.2, 0.25) is 5.02 Å². The second-order valence-corrected chi connectivity index (χ2v) is 9.08. The van der Waals surface area contributed by atoms with Crippen LogP contribution in [0.25, 0.3) is 22.7 Å². The van der Waals surface area contributed by atoms with Crippen molar-refractivity contribution in [2.75, 3.05) is 6.54 Å². The summed E-state index contributed by atoms with van der Waals surface area (Å²) in [5.74, 6) is -0.162. The van der Waals surface area contributed by atoms with Crippen molar-refractivity contribution in [3.05, 3.63) is 64.8 Å². The van der Waals surface area contributed by atoms with Crippen LogP contribution in [0.1, 0.15) is 30.4 Å². The minimum absolute atomic E-state index is 0.117. The number of hydrogen-bond donors (Lipinski definition) is 1. The first-order valence-electron chi connectivity index (χ1n) is 11.6. The van der Waals surface area contributed by atoms with Gasteiger partial charge in [0, 0.05) is 23.6 Å². The van der Waals surface area contributed by atoms with E-state index in [9.17, 15) is 14.7 Å². The monoisotopic (exact) mass is 506 g/mol. The molecule has 10 heteroatoms. The molecule has 1 atom stereocenters. The average Bonchev–Trinajstić information content (AvgIpc) is 3.50. The number of benzene rings is 2. The number of carboxylic acids is 1. The summed E-state index contributed by atoms with van der Waals surface area (Å²) in [6.45, 7) is 2.46. The van der Waals surface area contributed by atoms with E-state index in [1.165, 1.54) is 11.1 Å². The molecular weight excluding hydrogens is 484 g/mol. The Hall–Kier alpha value is -3.98. The van der Waals surface area contributed by atoms with Crippen molar-refractivity contribution in [3.63, 3.8) is 0 Å². The van der Waals surface area contributed by atoms with E-state index < -0.39 is 12.0 Å². The quantitative estimate of drug-likeness (QED) is 0.370. The Morgan fingerprint density at radius 1 is 1.22 bits per heavy atom. The third-order valence-electron chi connectivity index (χ3n) is 6.19. The molecule has 2 aromatic heterocycles. The van der Waals surface area contributed by atoms with Gasteiger partial charge in [0.25, 0.3) is 5.71 Å². The summed E-state index contributed by atoms with van der Waals surface area (Å²) in [5, 5.41) is 9.86. The summed E-state index contributed by atoms with van der Waals surface area (Å²) in [6, 6.07) is 12.1. The fourth-order valence-electron chi connectivity index (χ4n) is 4.35. The van der Waals surface area contributed by atoms with Crippen LogP contribution in [0, 0.1) is 6.92 Å². The van der Waals surface area contributed by atoms with Crippen molar-refractivity contribution < 1.29 is 23.8 Å². The SMILES string of the molecule is Cc1cc(-c2nc3cnc(Oc4cccc(Cl)c4)nc3o2)ccc1CCC(=O)N1CCC[C@H]1C(=O)O. The molecule has 1 fully saturated rings. The van der Waals surface area contributed by atoms with Gasteiger partial charge in [0.15, 0.2) is 0 Å². The predicted molar refractivity (Wildman–Crippen MR) is 132 cm³/mol. The highest BCUT2D eigenvalue weighted by Crippen LogP contribution is 2.28. The van der Waals surface area contributed by atoms with Crippen molar-refractivity contribution in [2.24, 2.45) is 0 Å². The van der Waals surface area contributed by atoms with Gasteiger partial charge in [-0.15, -0.1) is 0 Å². The van der Waals surface area contributed by atoms with Crippen LogP contribution in [0.15, 0.2) is 53.1 Å². The second-order valence-electron chi connectivity index (χ2n) is 8.65. The Labute approximate surface area is 211 Å². The lowest BCUT2D eigenvalue weighted by atomic mass is 10.0. The maximum Gasteiger partial charge on any atom is 0.326 e. The standard InChI is InChI=1S/C26H23ClN4O5/c1-15-12-17(8-7-16(15)9-10-22(32)31-11-3-6-21(31)25(33)34)23-29-20-14-28-26(30-24(20)36-23)35-19-5-2-4-18(27)13-19/h2,4-5,7-8,12-14,21H,3,6,9-11H2,1H3,(H,33,34)/t21-/m0/s1. The number of carbonyl (C=O) groups excluding carboxylic acids is 1. The van der Waals surface area contributed by atoms with Gasteiger partial charge >= 0.3 is 12.0 Å². The number of hydrogen-bond acceptors (Lipinski definition) is 7. The van der Waals surface area contributed by atoms with E-state index in [2.05, 4.69) is 15.0 Å². The molecule has 1 aliphatic rings. The van der Waals surface area contributed by atoms with Crippen molar-refractivity contribution >= 4 is 34.7 Å². The van der Waals surface area contributed by atoms with Crippen LogP contribution in [0.4, 0.5) is 0 Å².